The van der Waals surface area contributed by atoms with Crippen molar-refractivity contribution in [1.82, 2.24) is 9.21 Å². The number of alkyl halides is 3. The molecule has 0 bridgehead atoms. The Labute approximate surface area is 170 Å². The molecule has 0 spiro atoms. The van der Waals surface area contributed by atoms with Gasteiger partial charge in [0, 0.05) is 31.2 Å². The van der Waals surface area contributed by atoms with Gasteiger partial charge in [-0.1, -0.05) is 23.7 Å². The molecule has 1 N–H and O–H groups in total. The Morgan fingerprint density at radius 3 is 2.14 bits per heavy atom. The SMILES string of the molecule is O=C(Nc1ccccc1C(F)(F)F)N1CCN(S(=O)(=O)c2ccc(Cl)cc2)CC1. The van der Waals surface area contributed by atoms with Crippen LogP contribution in [-0.4, -0.2) is 49.8 Å². The fraction of sp³-hybridized carbons (Fsp3) is 0.278. The fourth-order valence-corrected chi connectivity index (χ4v) is 4.47. The molecule has 0 unspecified atom stereocenters. The Balaban J connectivity index is 1.65. The van der Waals surface area contributed by atoms with Crippen molar-refractivity contribution in [3.8, 4) is 0 Å². The number of hydrogen-bond donors (Lipinski definition) is 1. The summed E-state index contributed by atoms with van der Waals surface area (Å²) in [6.07, 6.45) is -4.60. The van der Waals surface area contributed by atoms with Crippen LogP contribution in [0.15, 0.2) is 53.4 Å². The lowest BCUT2D eigenvalue weighted by molar-refractivity contribution is -0.136. The summed E-state index contributed by atoms with van der Waals surface area (Å²) in [6.45, 7) is 0.151. The Kier molecular flexibility index (Phi) is 6.06. The predicted octanol–water partition coefficient (Wildman–Crippen LogP) is 3.90. The lowest BCUT2D eigenvalue weighted by Gasteiger charge is -2.34. The van der Waals surface area contributed by atoms with Gasteiger partial charge in [0.15, 0.2) is 0 Å². The first-order valence-corrected chi connectivity index (χ1v) is 10.4. The molecule has 0 atom stereocenters. The Morgan fingerprint density at radius 2 is 1.55 bits per heavy atom. The van der Waals surface area contributed by atoms with Crippen LogP contribution in [0, 0.1) is 0 Å². The predicted molar refractivity (Wildman–Crippen MR) is 102 cm³/mol. The number of para-hydroxylation sites is 1. The number of hydrogen-bond acceptors (Lipinski definition) is 3. The van der Waals surface area contributed by atoms with Crippen LogP contribution in [0.4, 0.5) is 23.7 Å². The second-order valence-corrected chi connectivity index (χ2v) is 8.69. The van der Waals surface area contributed by atoms with Crippen LogP contribution < -0.4 is 5.32 Å². The summed E-state index contributed by atoms with van der Waals surface area (Å²) in [5, 5.41) is 2.67. The summed E-state index contributed by atoms with van der Waals surface area (Å²) in [5.41, 5.74) is -1.29. The highest BCUT2D eigenvalue weighted by molar-refractivity contribution is 7.89. The van der Waals surface area contributed by atoms with Crippen LogP contribution in [0.1, 0.15) is 5.56 Å². The molecule has 11 heteroatoms. The molecule has 1 fully saturated rings. The minimum absolute atomic E-state index is 0.0271. The quantitative estimate of drug-likeness (QED) is 0.776. The van der Waals surface area contributed by atoms with Crippen molar-refractivity contribution in [2.24, 2.45) is 0 Å². The zero-order valence-electron chi connectivity index (χ0n) is 15.0. The number of benzene rings is 2. The smallest absolute Gasteiger partial charge is 0.322 e. The number of anilines is 1. The lowest BCUT2D eigenvalue weighted by Crippen LogP contribution is -2.51. The standard InChI is InChI=1S/C18H17ClF3N3O3S/c19-13-5-7-14(8-6-13)29(27,28)25-11-9-24(10-12-25)17(26)23-16-4-2-1-3-15(16)18(20,21)22/h1-8H,9-12H2,(H,23,26). The number of carbonyl (C=O) groups excluding carboxylic acids is 1. The van der Waals surface area contributed by atoms with Crippen molar-refractivity contribution in [2.45, 2.75) is 11.1 Å². The van der Waals surface area contributed by atoms with Crippen LogP contribution in [-0.2, 0) is 16.2 Å². The van der Waals surface area contributed by atoms with Crippen molar-refractivity contribution in [1.29, 1.82) is 0 Å². The molecular formula is C18H17ClF3N3O3S. The van der Waals surface area contributed by atoms with Crippen LogP contribution >= 0.6 is 11.6 Å². The third kappa shape index (κ3) is 4.82. The van der Waals surface area contributed by atoms with E-state index in [-0.39, 0.29) is 36.8 Å². The van der Waals surface area contributed by atoms with E-state index < -0.39 is 27.8 Å². The van der Waals surface area contributed by atoms with Gasteiger partial charge in [-0.3, -0.25) is 0 Å². The van der Waals surface area contributed by atoms with Crippen molar-refractivity contribution >= 4 is 33.3 Å². The van der Waals surface area contributed by atoms with Crippen LogP contribution in [0.5, 0.6) is 0 Å². The third-order valence-electron chi connectivity index (χ3n) is 4.45. The summed E-state index contributed by atoms with van der Waals surface area (Å²) in [4.78, 5) is 13.7. The summed E-state index contributed by atoms with van der Waals surface area (Å²) >= 11 is 5.78. The summed E-state index contributed by atoms with van der Waals surface area (Å²) < 4.78 is 65.7. The number of rotatable bonds is 3. The van der Waals surface area contributed by atoms with Crippen LogP contribution in [0.2, 0.25) is 5.02 Å². The van der Waals surface area contributed by atoms with Gasteiger partial charge in [-0.2, -0.15) is 17.5 Å². The van der Waals surface area contributed by atoms with E-state index in [4.69, 9.17) is 11.6 Å². The minimum Gasteiger partial charge on any atom is -0.322 e. The molecule has 1 heterocycles. The van der Waals surface area contributed by atoms with Gasteiger partial charge in [-0.05, 0) is 36.4 Å². The molecule has 0 radical (unpaired) electrons. The molecule has 29 heavy (non-hydrogen) atoms. The maximum Gasteiger partial charge on any atom is 0.418 e. The van der Waals surface area contributed by atoms with Crippen LogP contribution in [0.25, 0.3) is 0 Å². The molecule has 1 aliphatic heterocycles. The van der Waals surface area contributed by atoms with E-state index in [1.165, 1.54) is 51.7 Å². The van der Waals surface area contributed by atoms with Gasteiger partial charge in [0.2, 0.25) is 10.0 Å². The van der Waals surface area contributed by atoms with E-state index in [0.29, 0.717) is 5.02 Å². The number of nitrogens with one attached hydrogen (secondary N) is 1. The summed E-state index contributed by atoms with van der Waals surface area (Å²) in [6, 6.07) is 9.68. The first-order valence-electron chi connectivity index (χ1n) is 8.57. The largest absolute Gasteiger partial charge is 0.418 e. The molecule has 2 amide bonds. The second-order valence-electron chi connectivity index (χ2n) is 6.32. The number of nitrogens with zero attached hydrogens (tertiary/aromatic N) is 2. The third-order valence-corrected chi connectivity index (χ3v) is 6.62. The molecule has 1 saturated heterocycles. The molecule has 0 aliphatic carbocycles. The maximum atomic E-state index is 13.1. The minimum atomic E-state index is -4.60. The van der Waals surface area contributed by atoms with Crippen molar-refractivity contribution in [2.75, 3.05) is 31.5 Å². The van der Waals surface area contributed by atoms with Gasteiger partial charge in [0.1, 0.15) is 0 Å². The zero-order valence-corrected chi connectivity index (χ0v) is 16.6. The maximum absolute atomic E-state index is 13.1. The molecule has 3 rings (SSSR count). The molecule has 2 aromatic rings. The average molecular weight is 448 g/mol. The van der Waals surface area contributed by atoms with Gasteiger partial charge in [0.25, 0.3) is 0 Å². The zero-order chi connectivity index (χ0) is 21.2. The number of amides is 2. The highest BCUT2D eigenvalue weighted by atomic mass is 35.5. The average Bonchev–Trinajstić information content (AvgIpc) is 2.68. The van der Waals surface area contributed by atoms with Gasteiger partial charge in [0.05, 0.1) is 16.1 Å². The number of urea groups is 1. The number of halogens is 4. The normalized spacial score (nSPS) is 15.9. The van der Waals surface area contributed by atoms with E-state index in [2.05, 4.69) is 5.32 Å². The van der Waals surface area contributed by atoms with Gasteiger partial charge in [-0.15, -0.1) is 0 Å². The molecule has 0 saturated carbocycles. The Morgan fingerprint density at radius 1 is 0.966 bits per heavy atom. The van der Waals surface area contributed by atoms with Gasteiger partial charge < -0.3 is 10.2 Å². The lowest BCUT2D eigenvalue weighted by atomic mass is 10.1. The van der Waals surface area contributed by atoms with Crippen molar-refractivity contribution in [3.05, 3.63) is 59.1 Å². The van der Waals surface area contributed by atoms with E-state index in [1.54, 1.807) is 0 Å². The molecule has 156 valence electrons. The molecule has 2 aromatic carbocycles. The first kappa shape index (κ1) is 21.4. The fourth-order valence-electron chi connectivity index (χ4n) is 2.92. The number of carbonyl (C=O) groups is 1. The van der Waals surface area contributed by atoms with E-state index in [9.17, 15) is 26.4 Å². The molecule has 0 aromatic heterocycles. The Hall–Kier alpha value is -2.30. The van der Waals surface area contributed by atoms with Crippen molar-refractivity contribution in [3.63, 3.8) is 0 Å². The molecule has 6 nitrogen and oxygen atoms in total. The molecule has 1 aliphatic rings. The van der Waals surface area contributed by atoms with Crippen LogP contribution in [0.3, 0.4) is 0 Å². The first-order chi connectivity index (χ1) is 13.6. The van der Waals surface area contributed by atoms with Gasteiger partial charge in [-0.25, -0.2) is 13.2 Å². The summed E-state index contributed by atoms with van der Waals surface area (Å²) in [7, 11) is -3.75. The highest BCUT2D eigenvalue weighted by Crippen LogP contribution is 2.34. The highest BCUT2D eigenvalue weighted by Gasteiger charge is 2.35. The number of piperazine rings is 1. The van der Waals surface area contributed by atoms with E-state index in [1.807, 2.05) is 0 Å². The van der Waals surface area contributed by atoms with Crippen molar-refractivity contribution < 1.29 is 26.4 Å². The van der Waals surface area contributed by atoms with E-state index >= 15 is 0 Å². The monoisotopic (exact) mass is 447 g/mol. The van der Waals surface area contributed by atoms with E-state index in [0.717, 1.165) is 6.07 Å². The van der Waals surface area contributed by atoms with Gasteiger partial charge >= 0.3 is 12.2 Å². The topological polar surface area (TPSA) is 69.7 Å². The Bertz CT molecular complexity index is 989. The second kappa shape index (κ2) is 8.21. The summed E-state index contributed by atoms with van der Waals surface area (Å²) in [5.74, 6) is 0. The number of sulfonamides is 1. The molecular weight excluding hydrogens is 431 g/mol.